The van der Waals surface area contributed by atoms with Gasteiger partial charge in [-0.1, -0.05) is 44.2 Å². The Kier molecular flexibility index (Phi) is 6.63. The monoisotopic (exact) mass is 316 g/mol. The highest BCUT2D eigenvalue weighted by Gasteiger charge is 2.27. The van der Waals surface area contributed by atoms with Crippen LogP contribution in [0, 0.1) is 17.8 Å². The van der Waals surface area contributed by atoms with E-state index in [9.17, 15) is 9.59 Å². The quantitative estimate of drug-likeness (QED) is 0.848. The van der Waals surface area contributed by atoms with Gasteiger partial charge in [-0.2, -0.15) is 0 Å². The van der Waals surface area contributed by atoms with Crippen LogP contribution in [0.2, 0.25) is 0 Å². The third-order valence-corrected chi connectivity index (χ3v) is 4.84. The maximum absolute atomic E-state index is 12.2. The summed E-state index contributed by atoms with van der Waals surface area (Å²) < 4.78 is 0. The number of carbonyl (C=O) groups excluding carboxylic acids is 2. The Balaban J connectivity index is 1.65. The molecule has 0 aliphatic heterocycles. The zero-order valence-corrected chi connectivity index (χ0v) is 14.2. The molecule has 0 unspecified atom stereocenters. The third-order valence-electron chi connectivity index (χ3n) is 4.84. The summed E-state index contributed by atoms with van der Waals surface area (Å²) in [6.07, 6.45) is 4.13. The fraction of sp³-hybridized carbons (Fsp3) is 0.579. The molecule has 0 spiro atoms. The molecule has 4 nitrogen and oxygen atoms in total. The van der Waals surface area contributed by atoms with Crippen LogP contribution in [0.1, 0.15) is 45.1 Å². The van der Waals surface area contributed by atoms with Gasteiger partial charge in [0, 0.05) is 12.5 Å². The van der Waals surface area contributed by atoms with Crippen molar-refractivity contribution in [1.29, 1.82) is 0 Å². The van der Waals surface area contributed by atoms with Crippen LogP contribution in [-0.4, -0.2) is 18.4 Å². The van der Waals surface area contributed by atoms with Crippen molar-refractivity contribution < 1.29 is 9.59 Å². The van der Waals surface area contributed by atoms with Gasteiger partial charge in [-0.3, -0.25) is 9.59 Å². The number of amides is 2. The number of nitrogens with one attached hydrogen (secondary N) is 2. The normalized spacial score (nSPS) is 21.0. The van der Waals surface area contributed by atoms with Crippen LogP contribution >= 0.6 is 0 Å². The smallest absolute Gasteiger partial charge is 0.239 e. The molecule has 2 rings (SSSR count). The molecular weight excluding hydrogens is 288 g/mol. The molecule has 1 aromatic carbocycles. The van der Waals surface area contributed by atoms with Gasteiger partial charge in [-0.05, 0) is 43.1 Å². The highest BCUT2D eigenvalue weighted by Crippen LogP contribution is 2.33. The van der Waals surface area contributed by atoms with Crippen LogP contribution < -0.4 is 10.6 Å². The van der Waals surface area contributed by atoms with E-state index in [-0.39, 0.29) is 24.3 Å². The predicted octanol–water partition coefficient (Wildman–Crippen LogP) is 2.88. The highest BCUT2D eigenvalue weighted by molar-refractivity contribution is 5.85. The van der Waals surface area contributed by atoms with Gasteiger partial charge >= 0.3 is 0 Å². The number of hydrogen-bond acceptors (Lipinski definition) is 2. The Hall–Kier alpha value is -1.84. The first-order valence-corrected chi connectivity index (χ1v) is 8.64. The SMILES string of the molecule is CC(C)C1CCC(C(=O)NCC(=O)NCc2ccccc2)CC1. The molecule has 0 radical (unpaired) electrons. The van der Waals surface area contributed by atoms with Crippen molar-refractivity contribution in [2.24, 2.45) is 17.8 Å². The Morgan fingerprint density at radius 2 is 1.70 bits per heavy atom. The summed E-state index contributed by atoms with van der Waals surface area (Å²) in [7, 11) is 0. The fourth-order valence-corrected chi connectivity index (χ4v) is 3.22. The van der Waals surface area contributed by atoms with Crippen molar-refractivity contribution in [2.75, 3.05) is 6.54 Å². The van der Waals surface area contributed by atoms with Crippen LogP contribution in [0.25, 0.3) is 0 Å². The van der Waals surface area contributed by atoms with Crippen LogP contribution in [0.3, 0.4) is 0 Å². The molecule has 2 amide bonds. The van der Waals surface area contributed by atoms with E-state index in [0.717, 1.165) is 37.2 Å². The van der Waals surface area contributed by atoms with Crippen LogP contribution in [0.4, 0.5) is 0 Å². The number of benzene rings is 1. The lowest BCUT2D eigenvalue weighted by atomic mass is 9.77. The first-order valence-electron chi connectivity index (χ1n) is 8.64. The predicted molar refractivity (Wildman–Crippen MR) is 91.6 cm³/mol. The van der Waals surface area contributed by atoms with Gasteiger partial charge < -0.3 is 10.6 Å². The van der Waals surface area contributed by atoms with E-state index < -0.39 is 0 Å². The molecule has 0 atom stereocenters. The largest absolute Gasteiger partial charge is 0.350 e. The van der Waals surface area contributed by atoms with Gasteiger partial charge in [-0.15, -0.1) is 0 Å². The van der Waals surface area contributed by atoms with Gasteiger partial charge in [-0.25, -0.2) is 0 Å². The summed E-state index contributed by atoms with van der Waals surface area (Å²) >= 11 is 0. The van der Waals surface area contributed by atoms with Gasteiger partial charge in [0.15, 0.2) is 0 Å². The van der Waals surface area contributed by atoms with E-state index in [2.05, 4.69) is 24.5 Å². The van der Waals surface area contributed by atoms with Crippen molar-refractivity contribution >= 4 is 11.8 Å². The Bertz CT molecular complexity index is 505. The lowest BCUT2D eigenvalue weighted by molar-refractivity contribution is -0.129. The number of rotatable bonds is 6. The van der Waals surface area contributed by atoms with E-state index in [4.69, 9.17) is 0 Å². The summed E-state index contributed by atoms with van der Waals surface area (Å²) in [6.45, 7) is 5.06. The topological polar surface area (TPSA) is 58.2 Å². The van der Waals surface area contributed by atoms with Crippen molar-refractivity contribution in [3.8, 4) is 0 Å². The molecular formula is C19H28N2O2. The first-order chi connectivity index (χ1) is 11.1. The molecule has 126 valence electrons. The second kappa shape index (κ2) is 8.70. The van der Waals surface area contributed by atoms with Crippen LogP contribution in [0.15, 0.2) is 30.3 Å². The summed E-state index contributed by atoms with van der Waals surface area (Å²) in [5.41, 5.74) is 1.05. The maximum Gasteiger partial charge on any atom is 0.239 e. The minimum atomic E-state index is -0.141. The zero-order valence-electron chi connectivity index (χ0n) is 14.2. The van der Waals surface area contributed by atoms with Crippen molar-refractivity contribution in [3.63, 3.8) is 0 Å². The molecule has 0 saturated heterocycles. The van der Waals surface area contributed by atoms with E-state index in [1.807, 2.05) is 30.3 Å². The van der Waals surface area contributed by atoms with Gasteiger partial charge in [0.2, 0.25) is 11.8 Å². The van der Waals surface area contributed by atoms with E-state index in [1.165, 1.54) is 0 Å². The highest BCUT2D eigenvalue weighted by atomic mass is 16.2. The number of carbonyl (C=O) groups is 2. The molecule has 23 heavy (non-hydrogen) atoms. The molecule has 1 aliphatic carbocycles. The average Bonchev–Trinajstić information content (AvgIpc) is 2.58. The van der Waals surface area contributed by atoms with Gasteiger partial charge in [0.25, 0.3) is 0 Å². The summed E-state index contributed by atoms with van der Waals surface area (Å²) in [5.74, 6) is 1.41. The van der Waals surface area contributed by atoms with E-state index in [0.29, 0.717) is 12.5 Å². The van der Waals surface area contributed by atoms with Crippen molar-refractivity contribution in [1.82, 2.24) is 10.6 Å². The zero-order chi connectivity index (χ0) is 16.7. The molecule has 1 aromatic rings. The Labute approximate surface area is 139 Å². The molecule has 4 heteroatoms. The van der Waals surface area contributed by atoms with E-state index in [1.54, 1.807) is 0 Å². The second-order valence-corrected chi connectivity index (χ2v) is 6.84. The molecule has 1 aliphatic rings. The van der Waals surface area contributed by atoms with Gasteiger partial charge in [0.1, 0.15) is 0 Å². The molecule has 1 fully saturated rings. The summed E-state index contributed by atoms with van der Waals surface area (Å²) in [6, 6.07) is 9.76. The Morgan fingerprint density at radius 3 is 2.30 bits per heavy atom. The van der Waals surface area contributed by atoms with Crippen molar-refractivity contribution in [2.45, 2.75) is 46.1 Å². The molecule has 0 bridgehead atoms. The minimum absolute atomic E-state index is 0.0297. The summed E-state index contributed by atoms with van der Waals surface area (Å²) in [5, 5.41) is 5.61. The molecule has 1 saturated carbocycles. The standard InChI is InChI=1S/C19H28N2O2/c1-14(2)16-8-10-17(11-9-16)19(23)21-13-18(22)20-12-15-6-4-3-5-7-15/h3-7,14,16-17H,8-13H2,1-2H3,(H,20,22)(H,21,23). The Morgan fingerprint density at radius 1 is 1.04 bits per heavy atom. The third kappa shape index (κ3) is 5.70. The summed E-state index contributed by atoms with van der Waals surface area (Å²) in [4.78, 5) is 24.0. The first kappa shape index (κ1) is 17.5. The fourth-order valence-electron chi connectivity index (χ4n) is 3.22. The number of hydrogen-bond donors (Lipinski definition) is 2. The lowest BCUT2D eigenvalue weighted by Gasteiger charge is -2.30. The van der Waals surface area contributed by atoms with Gasteiger partial charge in [0.05, 0.1) is 6.54 Å². The maximum atomic E-state index is 12.2. The van der Waals surface area contributed by atoms with Crippen LogP contribution in [0.5, 0.6) is 0 Å². The van der Waals surface area contributed by atoms with Crippen molar-refractivity contribution in [3.05, 3.63) is 35.9 Å². The molecule has 0 aromatic heterocycles. The molecule has 0 heterocycles. The molecule has 2 N–H and O–H groups in total. The lowest BCUT2D eigenvalue weighted by Crippen LogP contribution is -2.40. The average molecular weight is 316 g/mol. The second-order valence-electron chi connectivity index (χ2n) is 6.84. The van der Waals surface area contributed by atoms with E-state index >= 15 is 0 Å². The van der Waals surface area contributed by atoms with Crippen LogP contribution in [-0.2, 0) is 16.1 Å². The minimum Gasteiger partial charge on any atom is -0.350 e.